The van der Waals surface area contributed by atoms with E-state index in [1.54, 1.807) is 49.2 Å². The van der Waals surface area contributed by atoms with E-state index in [9.17, 15) is 9.18 Å². The normalized spacial score (nSPS) is 11.0. The van der Waals surface area contributed by atoms with Crippen molar-refractivity contribution in [3.8, 4) is 17.0 Å². The minimum atomic E-state index is -0.361. The molecule has 170 valence electrons. The number of anilines is 1. The lowest BCUT2D eigenvalue weighted by Gasteiger charge is -2.06. The van der Waals surface area contributed by atoms with Gasteiger partial charge in [0, 0.05) is 23.5 Å². The van der Waals surface area contributed by atoms with Gasteiger partial charge in [-0.25, -0.2) is 9.37 Å². The Balaban J connectivity index is 1.43. The summed E-state index contributed by atoms with van der Waals surface area (Å²) in [6.07, 6.45) is 1.74. The van der Waals surface area contributed by atoms with Gasteiger partial charge >= 0.3 is 0 Å². The van der Waals surface area contributed by atoms with Crippen LogP contribution >= 0.6 is 0 Å². The Morgan fingerprint density at radius 1 is 1.12 bits per heavy atom. The molecule has 9 heteroatoms. The quantitative estimate of drug-likeness (QED) is 0.392. The third kappa shape index (κ3) is 4.23. The lowest BCUT2D eigenvalue weighted by atomic mass is 10.0. The molecule has 3 aromatic heterocycles. The van der Waals surface area contributed by atoms with Gasteiger partial charge in [-0.3, -0.25) is 9.48 Å². The number of benzene rings is 2. The predicted molar refractivity (Wildman–Crippen MR) is 124 cm³/mol. The van der Waals surface area contributed by atoms with Crippen LogP contribution < -0.4 is 10.1 Å². The van der Waals surface area contributed by atoms with E-state index in [1.807, 2.05) is 24.3 Å². The highest BCUT2D eigenvalue weighted by Crippen LogP contribution is 2.31. The zero-order valence-electron chi connectivity index (χ0n) is 18.4. The maximum absolute atomic E-state index is 13.2. The first kappa shape index (κ1) is 21.3. The van der Waals surface area contributed by atoms with Crippen molar-refractivity contribution in [1.82, 2.24) is 19.9 Å². The summed E-state index contributed by atoms with van der Waals surface area (Å²) in [5.74, 6) is 0.441. The summed E-state index contributed by atoms with van der Waals surface area (Å²) in [6, 6.07) is 16.9. The molecule has 2 aromatic carbocycles. The molecule has 0 atom stereocenters. The third-order valence-corrected chi connectivity index (χ3v) is 5.32. The number of nitrogens with one attached hydrogen (secondary N) is 1. The van der Waals surface area contributed by atoms with Gasteiger partial charge in [0.1, 0.15) is 17.3 Å². The highest BCUT2D eigenvalue weighted by Gasteiger charge is 2.21. The second-order valence-corrected chi connectivity index (χ2v) is 7.73. The number of aryl methyl sites for hydroxylation is 1. The zero-order chi connectivity index (χ0) is 23.7. The van der Waals surface area contributed by atoms with Crippen LogP contribution in [-0.4, -0.2) is 32.9 Å². The average Bonchev–Trinajstić information content (AvgIpc) is 3.46. The number of halogens is 1. The van der Waals surface area contributed by atoms with Crippen LogP contribution in [0.4, 0.5) is 10.2 Å². The first-order valence-electron chi connectivity index (χ1n) is 10.5. The predicted octanol–water partition coefficient (Wildman–Crippen LogP) is 4.84. The van der Waals surface area contributed by atoms with Crippen LogP contribution in [0.2, 0.25) is 0 Å². The summed E-state index contributed by atoms with van der Waals surface area (Å²) in [5, 5.41) is 11.9. The fourth-order valence-corrected chi connectivity index (χ4v) is 3.68. The number of fused-ring (bicyclic) bond motifs is 1. The van der Waals surface area contributed by atoms with Crippen LogP contribution in [0.3, 0.4) is 0 Å². The number of methoxy groups -OCH3 is 1. The molecule has 0 radical (unpaired) electrons. The molecule has 0 fully saturated rings. The standard InChI is InChI=1S/C25H20FN5O3/c1-15-13-20(22-23(30-34-25(22)27-15)17-5-9-19(33-2)10-6-17)24(32)28-21-11-12-31(29-21)14-16-3-7-18(26)8-4-16/h3-13H,14H2,1-2H3,(H,28,29,32). The molecule has 0 aliphatic heterocycles. The number of rotatable bonds is 6. The van der Waals surface area contributed by atoms with E-state index in [2.05, 4.69) is 20.6 Å². The van der Waals surface area contributed by atoms with Gasteiger partial charge in [0.2, 0.25) is 0 Å². The smallest absolute Gasteiger partial charge is 0.259 e. The number of carbonyl (C=O) groups excluding carboxylic acids is 1. The van der Waals surface area contributed by atoms with Crippen LogP contribution in [0, 0.1) is 12.7 Å². The molecule has 5 aromatic rings. The fourth-order valence-electron chi connectivity index (χ4n) is 3.68. The molecule has 0 saturated heterocycles. The van der Waals surface area contributed by atoms with Crippen LogP contribution in [0.1, 0.15) is 21.6 Å². The van der Waals surface area contributed by atoms with Gasteiger partial charge in [0.15, 0.2) is 5.82 Å². The van der Waals surface area contributed by atoms with Crippen molar-refractivity contribution in [2.75, 3.05) is 12.4 Å². The Hall–Kier alpha value is -4.53. The monoisotopic (exact) mass is 457 g/mol. The van der Waals surface area contributed by atoms with Gasteiger partial charge in [-0.15, -0.1) is 0 Å². The second kappa shape index (κ2) is 8.78. The number of ether oxygens (including phenoxy) is 1. The van der Waals surface area contributed by atoms with E-state index >= 15 is 0 Å². The zero-order valence-corrected chi connectivity index (χ0v) is 18.4. The number of nitrogens with zero attached hydrogens (tertiary/aromatic N) is 4. The lowest BCUT2D eigenvalue weighted by Crippen LogP contribution is -2.14. The Morgan fingerprint density at radius 3 is 2.62 bits per heavy atom. The summed E-state index contributed by atoms with van der Waals surface area (Å²) < 4.78 is 25.5. The van der Waals surface area contributed by atoms with E-state index < -0.39 is 0 Å². The molecule has 0 bridgehead atoms. The Kier molecular flexibility index (Phi) is 5.51. The SMILES string of the molecule is COc1ccc(-c2noc3nc(C)cc(C(=O)Nc4ccn(Cc5ccc(F)cc5)n4)c23)cc1. The minimum Gasteiger partial charge on any atom is -0.497 e. The number of amides is 1. The molecular weight excluding hydrogens is 437 g/mol. The molecule has 5 rings (SSSR count). The van der Waals surface area contributed by atoms with Crippen molar-refractivity contribution in [2.24, 2.45) is 0 Å². The minimum absolute atomic E-state index is 0.276. The number of hydrogen-bond acceptors (Lipinski definition) is 6. The molecular formula is C25H20FN5O3. The number of carbonyl (C=O) groups is 1. The van der Waals surface area contributed by atoms with Crippen LogP contribution in [-0.2, 0) is 6.54 Å². The molecule has 0 aliphatic carbocycles. The topological polar surface area (TPSA) is 95.1 Å². The van der Waals surface area contributed by atoms with Gasteiger partial charge in [-0.1, -0.05) is 17.3 Å². The van der Waals surface area contributed by atoms with Crippen molar-refractivity contribution in [3.63, 3.8) is 0 Å². The average molecular weight is 457 g/mol. The van der Waals surface area contributed by atoms with Crippen LogP contribution in [0.5, 0.6) is 5.75 Å². The van der Waals surface area contributed by atoms with Crippen molar-refractivity contribution >= 4 is 22.8 Å². The largest absolute Gasteiger partial charge is 0.497 e. The molecule has 1 amide bonds. The number of pyridine rings is 1. The van der Waals surface area contributed by atoms with Crippen molar-refractivity contribution < 1.29 is 18.4 Å². The van der Waals surface area contributed by atoms with E-state index in [-0.39, 0.29) is 17.4 Å². The van der Waals surface area contributed by atoms with Gasteiger partial charge in [0.05, 0.1) is 24.6 Å². The summed E-state index contributed by atoms with van der Waals surface area (Å²) >= 11 is 0. The highest BCUT2D eigenvalue weighted by molar-refractivity contribution is 6.14. The molecule has 0 unspecified atom stereocenters. The molecule has 0 saturated carbocycles. The Morgan fingerprint density at radius 2 is 1.88 bits per heavy atom. The van der Waals surface area contributed by atoms with E-state index in [0.29, 0.717) is 40.4 Å². The number of aromatic nitrogens is 4. The second-order valence-electron chi connectivity index (χ2n) is 7.73. The first-order valence-corrected chi connectivity index (χ1v) is 10.5. The summed E-state index contributed by atoms with van der Waals surface area (Å²) in [7, 11) is 1.59. The van der Waals surface area contributed by atoms with Crippen molar-refractivity contribution in [1.29, 1.82) is 0 Å². The van der Waals surface area contributed by atoms with Crippen molar-refractivity contribution in [2.45, 2.75) is 13.5 Å². The van der Waals surface area contributed by atoms with Gasteiger partial charge < -0.3 is 14.6 Å². The maximum atomic E-state index is 13.2. The first-order chi connectivity index (χ1) is 16.5. The molecule has 1 N–H and O–H groups in total. The molecule has 8 nitrogen and oxygen atoms in total. The van der Waals surface area contributed by atoms with Crippen LogP contribution in [0.15, 0.2) is 71.4 Å². The molecule has 34 heavy (non-hydrogen) atoms. The molecule has 3 heterocycles. The Labute approximate surface area is 194 Å². The van der Waals surface area contributed by atoms with E-state index in [4.69, 9.17) is 9.26 Å². The maximum Gasteiger partial charge on any atom is 0.259 e. The summed E-state index contributed by atoms with van der Waals surface area (Å²) in [6.45, 7) is 2.23. The van der Waals surface area contributed by atoms with Gasteiger partial charge in [0.25, 0.3) is 11.6 Å². The van der Waals surface area contributed by atoms with E-state index in [0.717, 1.165) is 11.1 Å². The fraction of sp³-hybridized carbons (Fsp3) is 0.120. The summed E-state index contributed by atoms with van der Waals surface area (Å²) in [4.78, 5) is 17.6. The lowest BCUT2D eigenvalue weighted by molar-refractivity contribution is 0.102. The van der Waals surface area contributed by atoms with Gasteiger partial charge in [-0.2, -0.15) is 5.10 Å². The number of hydrogen-bond donors (Lipinski definition) is 1. The molecule has 0 spiro atoms. The van der Waals surface area contributed by atoms with Gasteiger partial charge in [-0.05, 0) is 55.0 Å². The highest BCUT2D eigenvalue weighted by atomic mass is 19.1. The molecule has 0 aliphatic rings. The third-order valence-electron chi connectivity index (χ3n) is 5.32. The van der Waals surface area contributed by atoms with E-state index in [1.165, 1.54) is 12.1 Å². The van der Waals surface area contributed by atoms with Crippen LogP contribution in [0.25, 0.3) is 22.4 Å². The Bertz CT molecular complexity index is 1470. The summed E-state index contributed by atoms with van der Waals surface area (Å²) in [5.41, 5.74) is 3.44. The van der Waals surface area contributed by atoms with Crippen molar-refractivity contribution in [3.05, 3.63) is 89.5 Å².